The van der Waals surface area contributed by atoms with Gasteiger partial charge in [-0.15, -0.1) is 0 Å². The quantitative estimate of drug-likeness (QED) is 0.527. The third-order valence-electron chi connectivity index (χ3n) is 6.32. The summed E-state index contributed by atoms with van der Waals surface area (Å²) in [7, 11) is 1.67. The lowest BCUT2D eigenvalue weighted by atomic mass is 10.0. The van der Waals surface area contributed by atoms with Crippen LogP contribution >= 0.6 is 0 Å². The van der Waals surface area contributed by atoms with Crippen LogP contribution in [-0.2, 0) is 6.54 Å². The molecule has 1 fully saturated rings. The molecule has 1 amide bonds. The number of anilines is 1. The monoisotopic (exact) mass is 448 g/mol. The molecular formula is C26H32N4O3. The Morgan fingerprint density at radius 1 is 1.06 bits per heavy atom. The first-order chi connectivity index (χ1) is 16.1. The highest BCUT2D eigenvalue weighted by Gasteiger charge is 2.24. The van der Waals surface area contributed by atoms with Gasteiger partial charge in [0.15, 0.2) is 5.69 Å². The normalized spacial score (nSPS) is 14.4. The first-order valence-electron chi connectivity index (χ1n) is 11.8. The second-order valence-electron chi connectivity index (χ2n) is 8.56. The molecule has 174 valence electrons. The van der Waals surface area contributed by atoms with Gasteiger partial charge in [-0.2, -0.15) is 5.10 Å². The molecule has 4 rings (SSSR count). The van der Waals surface area contributed by atoms with Crippen molar-refractivity contribution < 1.29 is 9.53 Å². The fourth-order valence-electron chi connectivity index (χ4n) is 4.39. The Bertz CT molecular complexity index is 1150. The second kappa shape index (κ2) is 10.5. The SMILES string of the molecule is CCCCCn1nc(C(=O)NC2CCN(c3ccc(OC)cc3)CC2)c2ccccc2c1=O. The summed E-state index contributed by atoms with van der Waals surface area (Å²) in [5.41, 5.74) is 1.36. The summed E-state index contributed by atoms with van der Waals surface area (Å²) in [6, 6.07) is 15.4. The topological polar surface area (TPSA) is 76.5 Å². The molecule has 1 N–H and O–H groups in total. The number of nitrogens with zero attached hydrogens (tertiary/aromatic N) is 3. The molecule has 3 aromatic rings. The predicted octanol–water partition coefficient (Wildman–Crippen LogP) is 3.99. The number of hydrogen-bond donors (Lipinski definition) is 1. The van der Waals surface area contributed by atoms with Crippen molar-refractivity contribution in [3.8, 4) is 5.75 Å². The minimum atomic E-state index is -0.210. The molecule has 1 aliphatic heterocycles. The van der Waals surface area contributed by atoms with Gasteiger partial charge in [0.25, 0.3) is 11.5 Å². The summed E-state index contributed by atoms with van der Waals surface area (Å²) >= 11 is 0. The van der Waals surface area contributed by atoms with E-state index in [4.69, 9.17) is 4.74 Å². The smallest absolute Gasteiger partial charge is 0.274 e. The van der Waals surface area contributed by atoms with E-state index in [1.807, 2.05) is 24.3 Å². The van der Waals surface area contributed by atoms with Crippen LogP contribution in [0.4, 0.5) is 5.69 Å². The average Bonchev–Trinajstić information content (AvgIpc) is 2.86. The van der Waals surface area contributed by atoms with Crippen LogP contribution in [0.25, 0.3) is 10.8 Å². The lowest BCUT2D eigenvalue weighted by Crippen LogP contribution is -2.45. The zero-order valence-corrected chi connectivity index (χ0v) is 19.4. The molecule has 2 aromatic carbocycles. The number of rotatable bonds is 8. The molecule has 0 atom stereocenters. The van der Waals surface area contributed by atoms with Crippen molar-refractivity contribution in [2.24, 2.45) is 0 Å². The van der Waals surface area contributed by atoms with Crippen LogP contribution in [0.15, 0.2) is 53.3 Å². The van der Waals surface area contributed by atoms with Gasteiger partial charge < -0.3 is 15.0 Å². The molecule has 0 unspecified atom stereocenters. The number of carbonyl (C=O) groups excluding carboxylic acids is 1. The summed E-state index contributed by atoms with van der Waals surface area (Å²) in [6.45, 7) is 4.37. The van der Waals surface area contributed by atoms with Gasteiger partial charge in [-0.05, 0) is 49.6 Å². The van der Waals surface area contributed by atoms with Gasteiger partial charge >= 0.3 is 0 Å². The number of fused-ring (bicyclic) bond motifs is 1. The minimum Gasteiger partial charge on any atom is -0.497 e. The number of piperidine rings is 1. The number of unbranched alkanes of at least 4 members (excludes halogenated alkanes) is 2. The van der Waals surface area contributed by atoms with Crippen LogP contribution in [-0.4, -0.2) is 41.9 Å². The Morgan fingerprint density at radius 3 is 2.42 bits per heavy atom. The van der Waals surface area contributed by atoms with Crippen LogP contribution in [0, 0.1) is 0 Å². The van der Waals surface area contributed by atoms with Crippen molar-refractivity contribution in [2.45, 2.75) is 51.6 Å². The van der Waals surface area contributed by atoms with E-state index in [0.717, 1.165) is 56.6 Å². The van der Waals surface area contributed by atoms with Gasteiger partial charge in [0.05, 0.1) is 12.5 Å². The fourth-order valence-corrected chi connectivity index (χ4v) is 4.39. The lowest BCUT2D eigenvalue weighted by Gasteiger charge is -2.34. The van der Waals surface area contributed by atoms with Crippen LogP contribution in [0.2, 0.25) is 0 Å². The summed E-state index contributed by atoms with van der Waals surface area (Å²) in [6.07, 6.45) is 4.66. The maximum Gasteiger partial charge on any atom is 0.274 e. The molecule has 0 spiro atoms. The first-order valence-corrected chi connectivity index (χ1v) is 11.8. The van der Waals surface area contributed by atoms with E-state index >= 15 is 0 Å². The number of aryl methyl sites for hydroxylation is 1. The van der Waals surface area contributed by atoms with Gasteiger partial charge in [-0.3, -0.25) is 9.59 Å². The standard InChI is InChI=1S/C26H32N4O3/c1-3-4-7-16-30-26(32)23-9-6-5-8-22(23)24(28-30)25(31)27-19-14-17-29(18-15-19)20-10-12-21(33-2)13-11-20/h5-6,8-13,19H,3-4,7,14-18H2,1-2H3,(H,27,31). The van der Waals surface area contributed by atoms with E-state index < -0.39 is 0 Å². The van der Waals surface area contributed by atoms with E-state index in [1.165, 1.54) is 4.68 Å². The largest absolute Gasteiger partial charge is 0.497 e. The maximum absolute atomic E-state index is 13.2. The third kappa shape index (κ3) is 5.18. The number of methoxy groups -OCH3 is 1. The Balaban J connectivity index is 1.46. The molecule has 2 heterocycles. The molecule has 33 heavy (non-hydrogen) atoms. The highest BCUT2D eigenvalue weighted by Crippen LogP contribution is 2.23. The average molecular weight is 449 g/mol. The number of ether oxygens (including phenoxy) is 1. The minimum absolute atomic E-state index is 0.0769. The molecule has 1 aliphatic rings. The highest BCUT2D eigenvalue weighted by atomic mass is 16.5. The van der Waals surface area contributed by atoms with E-state index in [-0.39, 0.29) is 17.5 Å². The molecule has 1 saturated heterocycles. The number of nitrogens with one attached hydrogen (secondary N) is 1. The summed E-state index contributed by atoms with van der Waals surface area (Å²) < 4.78 is 6.70. The number of carbonyl (C=O) groups is 1. The molecular weight excluding hydrogens is 416 g/mol. The Labute approximate surface area is 194 Å². The summed E-state index contributed by atoms with van der Waals surface area (Å²) in [5, 5.41) is 8.81. The Hall–Kier alpha value is -3.35. The number of benzene rings is 2. The molecule has 7 heteroatoms. The first kappa shape index (κ1) is 22.8. The Morgan fingerprint density at radius 2 is 1.76 bits per heavy atom. The fraction of sp³-hybridized carbons (Fsp3) is 0.423. The molecule has 0 radical (unpaired) electrons. The van der Waals surface area contributed by atoms with Gasteiger partial charge in [0.1, 0.15) is 5.75 Å². The van der Waals surface area contributed by atoms with E-state index in [1.54, 1.807) is 19.2 Å². The number of hydrogen-bond acceptors (Lipinski definition) is 5. The van der Waals surface area contributed by atoms with Gasteiger partial charge in [-0.25, -0.2) is 4.68 Å². The number of aromatic nitrogens is 2. The van der Waals surface area contributed by atoms with Crippen molar-refractivity contribution in [3.63, 3.8) is 0 Å². The highest BCUT2D eigenvalue weighted by molar-refractivity contribution is 6.04. The van der Waals surface area contributed by atoms with E-state index in [2.05, 4.69) is 34.4 Å². The van der Waals surface area contributed by atoms with Crippen molar-refractivity contribution in [1.82, 2.24) is 15.1 Å². The van der Waals surface area contributed by atoms with Crippen molar-refractivity contribution >= 4 is 22.4 Å². The third-order valence-corrected chi connectivity index (χ3v) is 6.32. The predicted molar refractivity (Wildman–Crippen MR) is 131 cm³/mol. The molecule has 1 aromatic heterocycles. The molecule has 7 nitrogen and oxygen atoms in total. The molecule has 0 saturated carbocycles. The molecule has 0 bridgehead atoms. The van der Waals surface area contributed by atoms with Crippen molar-refractivity contribution in [2.75, 3.05) is 25.1 Å². The zero-order chi connectivity index (χ0) is 23.2. The molecule has 0 aliphatic carbocycles. The van der Waals surface area contributed by atoms with Gasteiger partial charge in [0.2, 0.25) is 0 Å². The van der Waals surface area contributed by atoms with E-state index in [0.29, 0.717) is 23.0 Å². The van der Waals surface area contributed by atoms with Gasteiger partial charge in [0, 0.05) is 36.7 Å². The van der Waals surface area contributed by atoms with Crippen LogP contribution in [0.1, 0.15) is 49.5 Å². The van der Waals surface area contributed by atoms with Gasteiger partial charge in [-0.1, -0.05) is 38.0 Å². The lowest BCUT2D eigenvalue weighted by molar-refractivity contribution is 0.0925. The summed E-state index contributed by atoms with van der Waals surface area (Å²) in [4.78, 5) is 28.4. The Kier molecular flexibility index (Phi) is 7.27. The van der Waals surface area contributed by atoms with E-state index in [9.17, 15) is 9.59 Å². The van der Waals surface area contributed by atoms with Crippen LogP contribution in [0.3, 0.4) is 0 Å². The maximum atomic E-state index is 13.2. The van der Waals surface area contributed by atoms with Crippen molar-refractivity contribution in [1.29, 1.82) is 0 Å². The summed E-state index contributed by atoms with van der Waals surface area (Å²) in [5.74, 6) is 0.634. The second-order valence-corrected chi connectivity index (χ2v) is 8.56. The van der Waals surface area contributed by atoms with Crippen LogP contribution in [0.5, 0.6) is 5.75 Å². The van der Waals surface area contributed by atoms with Crippen LogP contribution < -0.4 is 20.5 Å². The number of amides is 1. The van der Waals surface area contributed by atoms with Crippen molar-refractivity contribution in [3.05, 3.63) is 64.6 Å². The zero-order valence-electron chi connectivity index (χ0n) is 19.4.